The fourth-order valence-electron chi connectivity index (χ4n) is 5.25. The molecule has 2 N–H and O–H groups in total. The SMILES string of the molecule is CC.CCC1(CC)CCC2C(c3ccc(O)cc3)Oc3ccc(O)cc3C21. The predicted octanol–water partition coefficient (Wildman–Crippen LogP) is 6.56. The van der Waals surface area contributed by atoms with Crippen LogP contribution in [0.15, 0.2) is 42.5 Å². The third-order valence-corrected chi connectivity index (χ3v) is 6.66. The third kappa shape index (κ3) is 3.28. The van der Waals surface area contributed by atoms with Gasteiger partial charge in [-0.15, -0.1) is 0 Å². The molecule has 1 aliphatic carbocycles. The van der Waals surface area contributed by atoms with Crippen molar-refractivity contribution in [1.29, 1.82) is 0 Å². The van der Waals surface area contributed by atoms with E-state index in [1.165, 1.54) is 12.0 Å². The normalized spacial score (nSPS) is 24.8. The second-order valence-electron chi connectivity index (χ2n) is 7.60. The molecule has 0 bridgehead atoms. The Morgan fingerprint density at radius 2 is 1.59 bits per heavy atom. The average molecular weight is 369 g/mol. The number of benzene rings is 2. The lowest BCUT2D eigenvalue weighted by Gasteiger charge is -2.43. The Kier molecular flexibility index (Phi) is 5.69. The van der Waals surface area contributed by atoms with Crippen LogP contribution in [0.5, 0.6) is 17.2 Å². The molecule has 1 heterocycles. The standard InChI is InChI=1S/C22H26O3.C2H6/c1-3-22(4-2)12-11-17-20(22)18-13-16(24)9-10-19(18)25-21(17)14-5-7-15(23)8-6-14;1-2/h5-10,13,17,20-21,23-24H,3-4,11-12H2,1-2H3;1-2H3. The summed E-state index contributed by atoms with van der Waals surface area (Å²) in [4.78, 5) is 0. The quantitative estimate of drug-likeness (QED) is 0.645. The zero-order chi connectivity index (χ0) is 19.6. The van der Waals surface area contributed by atoms with E-state index in [0.717, 1.165) is 30.6 Å². The van der Waals surface area contributed by atoms with Crippen LogP contribution in [0, 0.1) is 11.3 Å². The monoisotopic (exact) mass is 368 g/mol. The molecule has 0 amide bonds. The van der Waals surface area contributed by atoms with Gasteiger partial charge in [0.05, 0.1) is 0 Å². The van der Waals surface area contributed by atoms with Gasteiger partial charge in [-0.3, -0.25) is 0 Å². The number of ether oxygens (including phenoxy) is 1. The van der Waals surface area contributed by atoms with Gasteiger partial charge < -0.3 is 14.9 Å². The van der Waals surface area contributed by atoms with Gasteiger partial charge in [0.2, 0.25) is 0 Å². The number of phenolic OH excluding ortho intramolecular Hbond substituents is 2. The predicted molar refractivity (Wildman–Crippen MR) is 109 cm³/mol. The van der Waals surface area contributed by atoms with Crippen LogP contribution in [0.3, 0.4) is 0 Å². The molecule has 1 saturated carbocycles. The van der Waals surface area contributed by atoms with Gasteiger partial charge >= 0.3 is 0 Å². The Labute approximate surface area is 163 Å². The van der Waals surface area contributed by atoms with E-state index in [0.29, 0.717) is 17.6 Å². The lowest BCUT2D eigenvalue weighted by Crippen LogP contribution is -2.33. The molecular formula is C24H32O3. The lowest BCUT2D eigenvalue weighted by atomic mass is 9.66. The number of rotatable bonds is 3. The van der Waals surface area contributed by atoms with Gasteiger partial charge in [-0.1, -0.05) is 39.8 Å². The molecule has 3 heteroatoms. The molecule has 3 nitrogen and oxygen atoms in total. The summed E-state index contributed by atoms with van der Waals surface area (Å²) in [6, 6.07) is 12.9. The van der Waals surface area contributed by atoms with Crippen LogP contribution in [-0.4, -0.2) is 10.2 Å². The molecule has 2 aromatic carbocycles. The average Bonchev–Trinajstić information content (AvgIpc) is 3.10. The molecule has 4 rings (SSSR count). The molecule has 0 aromatic heterocycles. The molecule has 3 atom stereocenters. The van der Waals surface area contributed by atoms with Gasteiger partial charge in [0, 0.05) is 11.5 Å². The number of aromatic hydroxyl groups is 2. The summed E-state index contributed by atoms with van der Waals surface area (Å²) in [6.07, 6.45) is 4.61. The molecule has 27 heavy (non-hydrogen) atoms. The molecule has 0 spiro atoms. The van der Waals surface area contributed by atoms with Crippen molar-refractivity contribution in [3.8, 4) is 17.2 Å². The van der Waals surface area contributed by atoms with E-state index < -0.39 is 0 Å². The van der Waals surface area contributed by atoms with E-state index in [4.69, 9.17) is 4.74 Å². The summed E-state index contributed by atoms with van der Waals surface area (Å²) in [5.74, 6) is 2.29. The largest absolute Gasteiger partial charge is 0.508 e. The fourth-order valence-corrected chi connectivity index (χ4v) is 5.25. The van der Waals surface area contributed by atoms with Crippen LogP contribution in [0.1, 0.15) is 76.5 Å². The highest BCUT2D eigenvalue weighted by Crippen LogP contribution is 2.64. The zero-order valence-electron chi connectivity index (χ0n) is 16.9. The first-order valence-corrected chi connectivity index (χ1v) is 10.4. The minimum Gasteiger partial charge on any atom is -0.508 e. The van der Waals surface area contributed by atoms with E-state index in [1.807, 2.05) is 38.1 Å². The Morgan fingerprint density at radius 3 is 2.22 bits per heavy atom. The molecule has 0 radical (unpaired) electrons. The molecule has 2 aliphatic rings. The highest BCUT2D eigenvalue weighted by molar-refractivity contribution is 5.47. The van der Waals surface area contributed by atoms with Crippen molar-refractivity contribution in [3.05, 3.63) is 53.6 Å². The second kappa shape index (κ2) is 7.84. The lowest BCUT2D eigenvalue weighted by molar-refractivity contribution is 0.0765. The Balaban J connectivity index is 0.00000102. The fraction of sp³-hybridized carbons (Fsp3) is 0.500. The van der Waals surface area contributed by atoms with Crippen molar-refractivity contribution >= 4 is 0 Å². The number of hydrogen-bond donors (Lipinski definition) is 2. The van der Waals surface area contributed by atoms with Crippen LogP contribution in [0.4, 0.5) is 0 Å². The minimum atomic E-state index is 0.00242. The maximum absolute atomic E-state index is 10.1. The second-order valence-corrected chi connectivity index (χ2v) is 7.60. The molecule has 1 fully saturated rings. The van der Waals surface area contributed by atoms with Crippen LogP contribution in [-0.2, 0) is 0 Å². The van der Waals surface area contributed by atoms with E-state index in [9.17, 15) is 10.2 Å². The number of phenols is 2. The first-order valence-electron chi connectivity index (χ1n) is 10.4. The van der Waals surface area contributed by atoms with Gasteiger partial charge in [0.15, 0.2) is 0 Å². The van der Waals surface area contributed by atoms with Gasteiger partial charge in [-0.05, 0) is 72.9 Å². The van der Waals surface area contributed by atoms with E-state index >= 15 is 0 Å². The van der Waals surface area contributed by atoms with Crippen LogP contribution in [0.2, 0.25) is 0 Å². The smallest absolute Gasteiger partial charge is 0.127 e. The summed E-state index contributed by atoms with van der Waals surface area (Å²) in [6.45, 7) is 8.58. The summed E-state index contributed by atoms with van der Waals surface area (Å²) < 4.78 is 6.42. The van der Waals surface area contributed by atoms with Gasteiger partial charge in [-0.25, -0.2) is 0 Å². The van der Waals surface area contributed by atoms with Gasteiger partial charge in [0.1, 0.15) is 23.4 Å². The summed E-state index contributed by atoms with van der Waals surface area (Å²) in [5, 5.41) is 19.7. The Morgan fingerprint density at radius 1 is 0.963 bits per heavy atom. The van der Waals surface area contributed by atoms with Gasteiger partial charge in [-0.2, -0.15) is 0 Å². The van der Waals surface area contributed by atoms with E-state index in [1.54, 1.807) is 18.2 Å². The highest BCUT2D eigenvalue weighted by atomic mass is 16.5. The molecule has 146 valence electrons. The van der Waals surface area contributed by atoms with E-state index in [-0.39, 0.29) is 17.3 Å². The van der Waals surface area contributed by atoms with Gasteiger partial charge in [0.25, 0.3) is 0 Å². The molecule has 2 aromatic rings. The van der Waals surface area contributed by atoms with E-state index in [2.05, 4.69) is 13.8 Å². The Bertz CT molecular complexity index is 762. The van der Waals surface area contributed by atoms with Crippen molar-refractivity contribution in [2.24, 2.45) is 11.3 Å². The third-order valence-electron chi connectivity index (χ3n) is 6.66. The van der Waals surface area contributed by atoms with Crippen LogP contribution in [0.25, 0.3) is 0 Å². The molecule has 0 saturated heterocycles. The van der Waals surface area contributed by atoms with Crippen molar-refractivity contribution in [2.75, 3.05) is 0 Å². The van der Waals surface area contributed by atoms with Crippen molar-refractivity contribution in [3.63, 3.8) is 0 Å². The maximum Gasteiger partial charge on any atom is 0.127 e. The summed E-state index contributed by atoms with van der Waals surface area (Å²) >= 11 is 0. The van der Waals surface area contributed by atoms with Crippen LogP contribution < -0.4 is 4.74 Å². The maximum atomic E-state index is 10.1. The summed E-state index contributed by atoms with van der Waals surface area (Å²) in [5.41, 5.74) is 2.56. The first-order chi connectivity index (χ1) is 13.1. The zero-order valence-corrected chi connectivity index (χ0v) is 16.9. The molecular weight excluding hydrogens is 336 g/mol. The van der Waals surface area contributed by atoms with Crippen molar-refractivity contribution < 1.29 is 14.9 Å². The van der Waals surface area contributed by atoms with Crippen molar-refractivity contribution in [2.45, 2.75) is 65.4 Å². The Hall–Kier alpha value is -2.16. The number of fused-ring (bicyclic) bond motifs is 3. The van der Waals surface area contributed by atoms with Crippen molar-refractivity contribution in [1.82, 2.24) is 0 Å². The first kappa shape index (κ1) is 19.6. The number of hydrogen-bond acceptors (Lipinski definition) is 3. The highest BCUT2D eigenvalue weighted by Gasteiger charge is 2.53. The molecule has 1 aliphatic heterocycles. The minimum absolute atomic E-state index is 0.00242. The summed E-state index contributed by atoms with van der Waals surface area (Å²) in [7, 11) is 0. The topological polar surface area (TPSA) is 49.7 Å². The van der Waals surface area contributed by atoms with Crippen LogP contribution >= 0.6 is 0 Å². The molecule has 3 unspecified atom stereocenters.